The Morgan fingerprint density at radius 2 is 1.75 bits per heavy atom. The normalized spacial score (nSPS) is 10.4. The van der Waals surface area contributed by atoms with Crippen LogP contribution in [0.25, 0.3) is 11.1 Å². The summed E-state index contributed by atoms with van der Waals surface area (Å²) in [5.41, 5.74) is 2.72. The van der Waals surface area contributed by atoms with Crippen LogP contribution in [0.15, 0.2) is 42.5 Å². The van der Waals surface area contributed by atoms with Gasteiger partial charge in [0.2, 0.25) is 0 Å². The summed E-state index contributed by atoms with van der Waals surface area (Å²) in [6.07, 6.45) is 0.989. The number of aryl methyl sites for hydroxylation is 1. The summed E-state index contributed by atoms with van der Waals surface area (Å²) in [6.45, 7) is 2.10. The Bertz CT molecular complexity index is 489. The van der Waals surface area contributed by atoms with Crippen LogP contribution in [0, 0.1) is 5.82 Å². The number of hydrogen-bond acceptors (Lipinski definition) is 0. The second kappa shape index (κ2) is 4.67. The fourth-order valence-electron chi connectivity index (χ4n) is 1.64. The molecule has 2 heteroatoms. The summed E-state index contributed by atoms with van der Waals surface area (Å²) in [5.74, 6) is -0.281. The molecule has 2 rings (SSSR count). The molecule has 82 valence electrons. The van der Waals surface area contributed by atoms with Gasteiger partial charge in [-0.2, -0.15) is 0 Å². The minimum Gasteiger partial charge on any atom is -0.206 e. The SMILES string of the molecule is CCc1ccc(-c2ccc(Cl)cc2F)cc1. The molecule has 2 aromatic rings. The van der Waals surface area contributed by atoms with Crippen LogP contribution < -0.4 is 0 Å². The monoisotopic (exact) mass is 234 g/mol. The van der Waals surface area contributed by atoms with Crippen molar-refractivity contribution in [1.82, 2.24) is 0 Å². The van der Waals surface area contributed by atoms with Gasteiger partial charge >= 0.3 is 0 Å². The maximum Gasteiger partial charge on any atom is 0.132 e. The van der Waals surface area contributed by atoms with Crippen LogP contribution in [0.4, 0.5) is 4.39 Å². The molecule has 0 atom stereocenters. The highest BCUT2D eigenvalue weighted by molar-refractivity contribution is 6.30. The third-order valence-corrected chi connectivity index (χ3v) is 2.84. The van der Waals surface area contributed by atoms with Crippen molar-refractivity contribution in [2.45, 2.75) is 13.3 Å². The molecule has 0 aliphatic carbocycles. The Hall–Kier alpha value is -1.34. The van der Waals surface area contributed by atoms with E-state index in [-0.39, 0.29) is 5.82 Å². The molecule has 0 aliphatic rings. The quantitative estimate of drug-likeness (QED) is 0.706. The molecular weight excluding hydrogens is 223 g/mol. The summed E-state index contributed by atoms with van der Waals surface area (Å²) in [5, 5.41) is 0.423. The minimum atomic E-state index is -0.281. The van der Waals surface area contributed by atoms with Gasteiger partial charge in [-0.15, -0.1) is 0 Å². The summed E-state index contributed by atoms with van der Waals surface area (Å²) < 4.78 is 13.6. The van der Waals surface area contributed by atoms with Crippen molar-refractivity contribution in [1.29, 1.82) is 0 Å². The Morgan fingerprint density at radius 1 is 1.06 bits per heavy atom. The molecule has 0 fully saturated rings. The van der Waals surface area contributed by atoms with Crippen LogP contribution in [0.3, 0.4) is 0 Å². The maximum absolute atomic E-state index is 13.6. The van der Waals surface area contributed by atoms with Crippen LogP contribution in [0.1, 0.15) is 12.5 Å². The molecule has 0 unspecified atom stereocenters. The second-order valence-electron chi connectivity index (χ2n) is 3.67. The fraction of sp³-hybridized carbons (Fsp3) is 0.143. The Kier molecular flexibility index (Phi) is 3.25. The predicted molar refractivity (Wildman–Crippen MR) is 66.2 cm³/mol. The first-order chi connectivity index (χ1) is 7.70. The van der Waals surface area contributed by atoms with Crippen molar-refractivity contribution >= 4 is 11.6 Å². The number of hydrogen-bond donors (Lipinski definition) is 0. The van der Waals surface area contributed by atoms with E-state index in [9.17, 15) is 4.39 Å². The van der Waals surface area contributed by atoms with Crippen LogP contribution in [0.2, 0.25) is 5.02 Å². The van der Waals surface area contributed by atoms with E-state index in [0.29, 0.717) is 10.6 Å². The molecule has 0 heterocycles. The predicted octanol–water partition coefficient (Wildman–Crippen LogP) is 4.71. The number of benzene rings is 2. The standard InChI is InChI=1S/C14H12ClF/c1-2-10-3-5-11(6-4-10)13-8-7-12(15)9-14(13)16/h3-9H,2H2,1H3. The number of rotatable bonds is 2. The molecule has 0 saturated carbocycles. The van der Waals surface area contributed by atoms with Gasteiger partial charge < -0.3 is 0 Å². The van der Waals surface area contributed by atoms with E-state index in [0.717, 1.165) is 12.0 Å². The lowest BCUT2D eigenvalue weighted by molar-refractivity contribution is 0.631. The zero-order valence-electron chi connectivity index (χ0n) is 9.00. The molecular formula is C14H12ClF. The smallest absolute Gasteiger partial charge is 0.132 e. The van der Waals surface area contributed by atoms with Crippen molar-refractivity contribution in [3.63, 3.8) is 0 Å². The summed E-state index contributed by atoms with van der Waals surface area (Å²) in [7, 11) is 0. The third kappa shape index (κ3) is 2.25. The van der Waals surface area contributed by atoms with E-state index in [4.69, 9.17) is 11.6 Å². The average molecular weight is 235 g/mol. The molecule has 0 aliphatic heterocycles. The second-order valence-corrected chi connectivity index (χ2v) is 4.11. The Morgan fingerprint density at radius 3 is 2.31 bits per heavy atom. The Labute approximate surface area is 99.7 Å². The van der Waals surface area contributed by atoms with Gasteiger partial charge in [0.25, 0.3) is 0 Å². The summed E-state index contributed by atoms with van der Waals surface area (Å²) in [4.78, 5) is 0. The van der Waals surface area contributed by atoms with Gasteiger partial charge in [0.1, 0.15) is 5.82 Å². The van der Waals surface area contributed by atoms with Crippen LogP contribution in [-0.2, 0) is 6.42 Å². The van der Waals surface area contributed by atoms with E-state index < -0.39 is 0 Å². The molecule has 0 radical (unpaired) electrons. The van der Waals surface area contributed by atoms with E-state index >= 15 is 0 Å². The molecule has 0 saturated heterocycles. The zero-order chi connectivity index (χ0) is 11.5. The van der Waals surface area contributed by atoms with Crippen molar-refractivity contribution < 1.29 is 4.39 Å². The van der Waals surface area contributed by atoms with Crippen molar-refractivity contribution in [3.8, 4) is 11.1 Å². The highest BCUT2D eigenvalue weighted by Gasteiger charge is 2.05. The first-order valence-corrected chi connectivity index (χ1v) is 5.63. The molecule has 0 bridgehead atoms. The average Bonchev–Trinajstić information content (AvgIpc) is 2.29. The minimum absolute atomic E-state index is 0.281. The molecule has 0 spiro atoms. The molecule has 16 heavy (non-hydrogen) atoms. The van der Waals surface area contributed by atoms with E-state index in [1.54, 1.807) is 12.1 Å². The van der Waals surface area contributed by atoms with E-state index in [2.05, 4.69) is 6.92 Å². The van der Waals surface area contributed by atoms with Gasteiger partial charge in [-0.3, -0.25) is 0 Å². The van der Waals surface area contributed by atoms with Gasteiger partial charge in [0, 0.05) is 10.6 Å². The number of halogens is 2. The van der Waals surface area contributed by atoms with Gasteiger partial charge in [0.05, 0.1) is 0 Å². The molecule has 0 N–H and O–H groups in total. The lowest BCUT2D eigenvalue weighted by Crippen LogP contribution is -1.85. The molecule has 0 nitrogen and oxygen atoms in total. The first kappa shape index (κ1) is 11.2. The van der Waals surface area contributed by atoms with E-state index in [1.807, 2.05) is 24.3 Å². The van der Waals surface area contributed by atoms with Crippen molar-refractivity contribution in [2.24, 2.45) is 0 Å². The lowest BCUT2D eigenvalue weighted by atomic mass is 10.0. The Balaban J connectivity index is 2.42. The lowest BCUT2D eigenvalue weighted by Gasteiger charge is -2.05. The van der Waals surface area contributed by atoms with Crippen LogP contribution >= 0.6 is 11.6 Å². The van der Waals surface area contributed by atoms with Crippen LogP contribution in [-0.4, -0.2) is 0 Å². The fourth-order valence-corrected chi connectivity index (χ4v) is 1.80. The maximum atomic E-state index is 13.6. The molecule has 2 aromatic carbocycles. The van der Waals surface area contributed by atoms with Gasteiger partial charge in [-0.25, -0.2) is 4.39 Å². The topological polar surface area (TPSA) is 0 Å². The highest BCUT2D eigenvalue weighted by Crippen LogP contribution is 2.25. The highest BCUT2D eigenvalue weighted by atomic mass is 35.5. The zero-order valence-corrected chi connectivity index (χ0v) is 9.76. The summed E-state index contributed by atoms with van der Waals surface area (Å²) >= 11 is 5.71. The largest absolute Gasteiger partial charge is 0.206 e. The van der Waals surface area contributed by atoms with Gasteiger partial charge in [-0.05, 0) is 35.7 Å². The van der Waals surface area contributed by atoms with Gasteiger partial charge in [-0.1, -0.05) is 42.8 Å². The molecule has 0 aromatic heterocycles. The van der Waals surface area contributed by atoms with Crippen molar-refractivity contribution in [3.05, 3.63) is 58.9 Å². The van der Waals surface area contributed by atoms with Gasteiger partial charge in [0.15, 0.2) is 0 Å². The van der Waals surface area contributed by atoms with E-state index in [1.165, 1.54) is 11.6 Å². The third-order valence-electron chi connectivity index (χ3n) is 2.60. The van der Waals surface area contributed by atoms with Crippen molar-refractivity contribution in [2.75, 3.05) is 0 Å². The first-order valence-electron chi connectivity index (χ1n) is 5.25. The molecule has 0 amide bonds. The van der Waals surface area contributed by atoms with Crippen LogP contribution in [0.5, 0.6) is 0 Å². The summed E-state index contributed by atoms with van der Waals surface area (Å²) in [6, 6.07) is 12.7.